The summed E-state index contributed by atoms with van der Waals surface area (Å²) in [6.07, 6.45) is 7.92. The van der Waals surface area contributed by atoms with E-state index in [9.17, 15) is 44.1 Å². The first kappa shape index (κ1) is 41.4. The zero-order chi connectivity index (χ0) is 34.6. The van der Waals surface area contributed by atoms with Gasteiger partial charge in [0.25, 0.3) is 0 Å². The minimum Gasteiger partial charge on any atom is -0.550 e. The topological polar surface area (TPSA) is 244 Å². The molecule has 0 aromatic carbocycles. The quantitative estimate of drug-likeness (QED) is 0.0618. The van der Waals surface area contributed by atoms with E-state index in [1.165, 1.54) is 0 Å². The third-order valence-electron chi connectivity index (χ3n) is 9.17. The predicted molar refractivity (Wildman–Crippen MR) is 177 cm³/mol. The third-order valence-corrected chi connectivity index (χ3v) is 13.7. The molecule has 278 valence electrons. The average Bonchev–Trinajstić information content (AvgIpc) is 3.85. The first-order chi connectivity index (χ1) is 23.0. The summed E-state index contributed by atoms with van der Waals surface area (Å²) >= 11 is 5.56. The second kappa shape index (κ2) is 20.8. The molecule has 6 heterocycles. The van der Waals surface area contributed by atoms with Crippen molar-refractivity contribution in [1.82, 2.24) is 31.9 Å². The van der Waals surface area contributed by atoms with E-state index < -0.39 is 17.9 Å². The second-order valence-electron chi connectivity index (χ2n) is 12.7. The van der Waals surface area contributed by atoms with Crippen LogP contribution in [0.15, 0.2) is 0 Å². The Balaban J connectivity index is 0.000000197. The summed E-state index contributed by atoms with van der Waals surface area (Å²) in [7, 11) is 0. The van der Waals surface area contributed by atoms with E-state index in [1.54, 1.807) is 0 Å². The molecule has 6 aliphatic heterocycles. The van der Waals surface area contributed by atoms with E-state index in [-0.39, 0.29) is 96.0 Å². The Kier molecular flexibility index (Phi) is 17.6. The molecule has 49 heavy (non-hydrogen) atoms. The fourth-order valence-electron chi connectivity index (χ4n) is 6.77. The van der Waals surface area contributed by atoms with Crippen molar-refractivity contribution in [2.45, 2.75) is 129 Å². The molecule has 0 unspecified atom stereocenters. The van der Waals surface area contributed by atoms with Gasteiger partial charge in [-0.3, -0.25) is 0 Å². The van der Waals surface area contributed by atoms with Gasteiger partial charge in [0.15, 0.2) is 0 Å². The first-order valence-electron chi connectivity index (χ1n) is 16.7. The average molecular weight is 927 g/mol. The van der Waals surface area contributed by atoms with Crippen molar-refractivity contribution in [2.24, 2.45) is 0 Å². The number of urea groups is 3. The van der Waals surface area contributed by atoms with Crippen molar-refractivity contribution in [3.05, 3.63) is 0 Å². The minimum absolute atomic E-state index is 0. The van der Waals surface area contributed by atoms with Crippen LogP contribution in [0.1, 0.15) is 77.0 Å². The number of carboxylic acid groups (broad SMARTS) is 3. The van der Waals surface area contributed by atoms with E-state index in [2.05, 4.69) is 31.9 Å². The van der Waals surface area contributed by atoms with E-state index in [1.807, 2.05) is 35.3 Å². The van der Waals surface area contributed by atoms with Gasteiger partial charge in [0.2, 0.25) is 0 Å². The number of hydrogen-bond donors (Lipinski definition) is 6. The Morgan fingerprint density at radius 1 is 0.490 bits per heavy atom. The third kappa shape index (κ3) is 13.3. The summed E-state index contributed by atoms with van der Waals surface area (Å²) in [5.41, 5.74) is 0. The van der Waals surface area contributed by atoms with Crippen LogP contribution in [-0.4, -0.2) is 105 Å². The number of carbonyl (C=O) groups is 6. The predicted octanol–water partition coefficient (Wildman–Crippen LogP) is -1.62. The molecule has 6 rings (SSSR count). The zero-order valence-electron chi connectivity index (χ0n) is 27.0. The van der Waals surface area contributed by atoms with Crippen LogP contribution >= 0.6 is 35.3 Å². The van der Waals surface area contributed by atoms with Gasteiger partial charge in [0, 0.05) is 50.9 Å². The Morgan fingerprint density at radius 2 is 0.755 bits per heavy atom. The molecule has 0 radical (unpaired) electrons. The van der Waals surface area contributed by atoms with Crippen LogP contribution in [0.3, 0.4) is 0 Å². The number of unbranched alkanes of at least 4 members (excludes halogenated alkanes) is 3. The van der Waals surface area contributed by atoms with Crippen LogP contribution < -0.4 is 47.2 Å². The number of nitrogens with one attached hydrogen (secondary N) is 6. The molecule has 6 aliphatic rings. The van der Waals surface area contributed by atoms with E-state index in [4.69, 9.17) is 0 Å². The maximum atomic E-state index is 11.1. The van der Waals surface area contributed by atoms with Crippen molar-refractivity contribution in [2.75, 3.05) is 17.3 Å². The number of aliphatic carboxylic acids is 3. The van der Waals surface area contributed by atoms with Crippen LogP contribution in [0, 0.1) is 0 Å². The van der Waals surface area contributed by atoms with Crippen molar-refractivity contribution < 1.29 is 66.5 Å². The molecule has 0 aromatic heterocycles. The molecule has 19 heteroatoms. The number of hydrogen-bond acceptors (Lipinski definition) is 12. The van der Waals surface area contributed by atoms with Gasteiger partial charge in [-0.2, -0.15) is 35.3 Å². The van der Waals surface area contributed by atoms with E-state index in [0.29, 0.717) is 35.0 Å². The summed E-state index contributed by atoms with van der Waals surface area (Å²) < 4.78 is 0. The summed E-state index contributed by atoms with van der Waals surface area (Å²) in [5, 5.41) is 49.4. The number of amides is 6. The van der Waals surface area contributed by atoms with Gasteiger partial charge < -0.3 is 61.6 Å². The van der Waals surface area contributed by atoms with Crippen LogP contribution in [0.5, 0.6) is 0 Å². The maximum absolute atomic E-state index is 11.1. The maximum Gasteiger partial charge on any atom is 3.00 e. The number of carbonyl (C=O) groups excluding carboxylic acids is 6. The Bertz CT molecular complexity index is 1040. The van der Waals surface area contributed by atoms with E-state index in [0.717, 1.165) is 55.8 Å². The molecule has 0 aliphatic carbocycles. The number of thioether (sulfide) groups is 3. The molecule has 6 fully saturated rings. The van der Waals surface area contributed by atoms with Crippen LogP contribution in [0.2, 0.25) is 0 Å². The molecular formula is C30H45AuN6O9S3. The van der Waals surface area contributed by atoms with Gasteiger partial charge in [-0.25, -0.2) is 14.4 Å². The smallest absolute Gasteiger partial charge is 0.550 e. The molecular weight excluding hydrogens is 882 g/mol. The van der Waals surface area contributed by atoms with E-state index >= 15 is 0 Å². The SMILES string of the molecule is O=C([O-])CCCC[C@@H]1SC[C@@H]2NC(=O)N[C@@H]21.O=C([O-])CCCC[C@@H]1SC[C@@H]2NC(=O)N[C@@H]21.O=C([O-])CCCC[C@@H]1SC[C@@H]2NC(=O)N[C@@H]21.[Au+3]. The Hall–Kier alpha value is -1.99. The van der Waals surface area contributed by atoms with Crippen molar-refractivity contribution in [3.63, 3.8) is 0 Å². The molecule has 6 amide bonds. The summed E-state index contributed by atoms with van der Waals surface area (Å²) in [6.45, 7) is 0. The van der Waals surface area contributed by atoms with Crippen LogP contribution in [0.25, 0.3) is 0 Å². The molecule has 9 atom stereocenters. The Labute approximate surface area is 314 Å². The molecule has 0 aromatic rings. The molecule has 0 spiro atoms. The second-order valence-corrected chi connectivity index (χ2v) is 16.5. The molecule has 15 nitrogen and oxygen atoms in total. The normalized spacial score (nSPS) is 31.3. The minimum atomic E-state index is -0.979. The van der Waals surface area contributed by atoms with Crippen molar-refractivity contribution in [1.29, 1.82) is 0 Å². The summed E-state index contributed by atoms with van der Waals surface area (Å²) in [5.74, 6) is -0.0779. The van der Waals surface area contributed by atoms with Gasteiger partial charge in [-0.1, -0.05) is 19.3 Å². The van der Waals surface area contributed by atoms with Gasteiger partial charge in [0.05, 0.1) is 36.3 Å². The van der Waals surface area contributed by atoms with Gasteiger partial charge in [-0.15, -0.1) is 0 Å². The summed E-state index contributed by atoms with van der Waals surface area (Å²) in [4.78, 5) is 64.0. The fourth-order valence-corrected chi connectivity index (χ4v) is 11.4. The van der Waals surface area contributed by atoms with Gasteiger partial charge >= 0.3 is 40.5 Å². The van der Waals surface area contributed by atoms with Crippen LogP contribution in [0.4, 0.5) is 14.4 Å². The number of rotatable bonds is 15. The molecule has 6 N–H and O–H groups in total. The summed E-state index contributed by atoms with van der Waals surface area (Å²) in [6, 6.07) is 1.21. The van der Waals surface area contributed by atoms with Crippen LogP contribution in [-0.2, 0) is 36.8 Å². The Morgan fingerprint density at radius 3 is 1.00 bits per heavy atom. The van der Waals surface area contributed by atoms with Crippen molar-refractivity contribution in [3.8, 4) is 0 Å². The first-order valence-corrected chi connectivity index (χ1v) is 19.8. The monoisotopic (exact) mass is 926 g/mol. The van der Waals surface area contributed by atoms with Gasteiger partial charge in [-0.05, 0) is 57.8 Å². The standard InChI is InChI=1S/3C10H16N2O3S.Au/c3*13-8(14)4-2-1-3-7-9-6(5-16-7)11-10(15)12-9;/h3*6-7,9H,1-5H2,(H,13,14)(H2,11,12,15);/q;;;+3/p-3/t3*6-,7-,9-;/m000./s1. The molecule has 6 saturated heterocycles. The molecule has 0 bridgehead atoms. The zero-order valence-corrected chi connectivity index (χ0v) is 31.6. The largest absolute Gasteiger partial charge is 3.00 e. The van der Waals surface area contributed by atoms with Gasteiger partial charge in [0.1, 0.15) is 0 Å². The fraction of sp³-hybridized carbons (Fsp3) is 0.800. The number of carboxylic acids is 3. The number of fused-ring (bicyclic) bond motifs is 3. The molecule has 0 saturated carbocycles. The van der Waals surface area contributed by atoms with Crippen molar-refractivity contribution >= 4 is 71.3 Å².